The zero-order valence-electron chi connectivity index (χ0n) is 15.0. The van der Waals surface area contributed by atoms with Crippen LogP contribution in [0.2, 0.25) is 0 Å². The summed E-state index contributed by atoms with van der Waals surface area (Å²) in [6.07, 6.45) is 16.3. The van der Waals surface area contributed by atoms with Crippen molar-refractivity contribution in [3.05, 3.63) is 12.2 Å². The van der Waals surface area contributed by atoms with Crippen molar-refractivity contribution in [2.24, 2.45) is 0 Å². The van der Waals surface area contributed by atoms with Crippen LogP contribution in [0.4, 0.5) is 0 Å². The van der Waals surface area contributed by atoms with E-state index in [0.29, 0.717) is 19.6 Å². The first kappa shape index (κ1) is 22.1. The molecule has 4 nitrogen and oxygen atoms in total. The number of carbonyl (C=O) groups excluding carboxylic acids is 1. The van der Waals surface area contributed by atoms with Crippen molar-refractivity contribution >= 4 is 5.97 Å². The quantitative estimate of drug-likeness (QED) is 0.241. The first-order valence-corrected chi connectivity index (χ1v) is 9.43. The highest BCUT2D eigenvalue weighted by molar-refractivity contribution is 5.69. The molecule has 0 saturated carbocycles. The number of aliphatic hydroxyl groups excluding tert-OH is 1. The van der Waals surface area contributed by atoms with Crippen LogP contribution in [0.15, 0.2) is 12.2 Å². The highest BCUT2D eigenvalue weighted by atomic mass is 16.5. The Labute approximate surface area is 142 Å². The summed E-state index contributed by atoms with van der Waals surface area (Å²) in [6.45, 7) is 4.48. The lowest BCUT2D eigenvalue weighted by molar-refractivity contribution is -0.142. The van der Waals surface area contributed by atoms with Crippen molar-refractivity contribution in [2.45, 2.75) is 77.6 Å². The average Bonchev–Trinajstić information content (AvgIpc) is 2.56. The molecular weight excluding hydrogens is 290 g/mol. The maximum absolute atomic E-state index is 11.5. The van der Waals surface area contributed by atoms with Gasteiger partial charge in [-0.05, 0) is 32.2 Å². The van der Waals surface area contributed by atoms with Gasteiger partial charge in [-0.15, -0.1) is 0 Å². The monoisotopic (exact) mass is 327 g/mol. The van der Waals surface area contributed by atoms with E-state index in [-0.39, 0.29) is 12.6 Å². The number of unbranched alkanes of at least 4 members (excludes halogenated alkanes) is 8. The Hall–Kier alpha value is -0.870. The normalized spacial score (nSPS) is 11.2. The van der Waals surface area contributed by atoms with Crippen molar-refractivity contribution in [3.8, 4) is 0 Å². The van der Waals surface area contributed by atoms with E-state index in [0.717, 1.165) is 38.6 Å². The number of esters is 1. The zero-order valence-corrected chi connectivity index (χ0v) is 15.0. The Bertz CT molecular complexity index is 280. The number of nitrogens with one attached hydrogen (secondary N) is 1. The van der Waals surface area contributed by atoms with Crippen LogP contribution >= 0.6 is 0 Å². The molecular formula is C19H37NO3. The number of carbonyl (C=O) groups is 1. The molecule has 0 aromatic heterocycles. The highest BCUT2D eigenvalue weighted by Gasteiger charge is 2.01. The summed E-state index contributed by atoms with van der Waals surface area (Å²) in [6, 6.07) is 0. The summed E-state index contributed by atoms with van der Waals surface area (Å²) in [5.74, 6) is -0.0785. The smallest absolute Gasteiger partial charge is 0.306 e. The Morgan fingerprint density at radius 2 is 1.70 bits per heavy atom. The van der Waals surface area contributed by atoms with E-state index in [4.69, 9.17) is 9.84 Å². The molecule has 0 aliphatic rings. The second-order valence-corrected chi connectivity index (χ2v) is 6.00. The van der Waals surface area contributed by atoms with Gasteiger partial charge in [-0.2, -0.15) is 0 Å². The van der Waals surface area contributed by atoms with Gasteiger partial charge in [-0.3, -0.25) is 4.79 Å². The van der Waals surface area contributed by atoms with Crippen LogP contribution in [0.1, 0.15) is 77.6 Å². The fourth-order valence-electron chi connectivity index (χ4n) is 2.34. The van der Waals surface area contributed by atoms with Crippen LogP contribution in [0.5, 0.6) is 0 Å². The number of hydrogen-bond acceptors (Lipinski definition) is 4. The zero-order chi connectivity index (χ0) is 17.0. The van der Waals surface area contributed by atoms with Crippen LogP contribution in [0.3, 0.4) is 0 Å². The molecule has 23 heavy (non-hydrogen) atoms. The average molecular weight is 328 g/mol. The number of hydrogen-bond donors (Lipinski definition) is 2. The van der Waals surface area contributed by atoms with E-state index in [1.807, 2.05) is 6.08 Å². The summed E-state index contributed by atoms with van der Waals surface area (Å²) in [5, 5.41) is 11.8. The Morgan fingerprint density at radius 3 is 2.48 bits per heavy atom. The predicted molar refractivity (Wildman–Crippen MR) is 96.5 cm³/mol. The first-order valence-electron chi connectivity index (χ1n) is 9.43. The number of ether oxygens (including phenoxy) is 1. The molecule has 0 bridgehead atoms. The lowest BCUT2D eigenvalue weighted by Crippen LogP contribution is -2.19. The third-order valence-corrected chi connectivity index (χ3v) is 3.75. The molecule has 0 saturated heterocycles. The first-order chi connectivity index (χ1) is 11.3. The van der Waals surface area contributed by atoms with E-state index >= 15 is 0 Å². The molecule has 0 fully saturated rings. The summed E-state index contributed by atoms with van der Waals surface area (Å²) in [4.78, 5) is 11.5. The molecule has 0 aromatic carbocycles. The lowest BCUT2D eigenvalue weighted by Gasteiger charge is -2.04. The minimum absolute atomic E-state index is 0.0785. The summed E-state index contributed by atoms with van der Waals surface area (Å²) in [5.41, 5.74) is 0. The van der Waals surface area contributed by atoms with Gasteiger partial charge in [-0.25, -0.2) is 0 Å². The highest BCUT2D eigenvalue weighted by Crippen LogP contribution is 2.06. The van der Waals surface area contributed by atoms with Crippen molar-refractivity contribution in [1.29, 1.82) is 0 Å². The van der Waals surface area contributed by atoms with E-state index in [9.17, 15) is 4.79 Å². The van der Waals surface area contributed by atoms with Gasteiger partial charge in [0, 0.05) is 13.0 Å². The molecule has 0 heterocycles. The van der Waals surface area contributed by atoms with E-state index < -0.39 is 0 Å². The fraction of sp³-hybridized carbons (Fsp3) is 0.842. The summed E-state index contributed by atoms with van der Waals surface area (Å²) in [7, 11) is 0. The number of allylic oxidation sites excluding steroid dienone is 1. The van der Waals surface area contributed by atoms with Gasteiger partial charge < -0.3 is 15.2 Å². The van der Waals surface area contributed by atoms with Crippen LogP contribution in [0, 0.1) is 0 Å². The Balaban J connectivity index is 3.23. The van der Waals surface area contributed by atoms with Crippen molar-refractivity contribution in [1.82, 2.24) is 5.32 Å². The number of aliphatic hydroxyl groups is 1. The molecule has 4 heteroatoms. The van der Waals surface area contributed by atoms with Gasteiger partial charge in [0.2, 0.25) is 0 Å². The SMILES string of the molecule is CCCCCC/C=C/COC(=O)CCCCCCCNCCO. The Kier molecular flexibility index (Phi) is 18.5. The molecule has 0 atom stereocenters. The maximum atomic E-state index is 11.5. The van der Waals surface area contributed by atoms with Gasteiger partial charge in [-0.1, -0.05) is 57.6 Å². The van der Waals surface area contributed by atoms with Crippen molar-refractivity contribution in [3.63, 3.8) is 0 Å². The molecule has 0 amide bonds. The van der Waals surface area contributed by atoms with Gasteiger partial charge in [0.15, 0.2) is 0 Å². The summed E-state index contributed by atoms with van der Waals surface area (Å²) < 4.78 is 5.18. The minimum atomic E-state index is -0.0785. The molecule has 0 aliphatic carbocycles. The van der Waals surface area contributed by atoms with Gasteiger partial charge in [0.25, 0.3) is 0 Å². The third-order valence-electron chi connectivity index (χ3n) is 3.75. The van der Waals surface area contributed by atoms with Gasteiger partial charge in [0.05, 0.1) is 6.61 Å². The van der Waals surface area contributed by atoms with Crippen LogP contribution in [0.25, 0.3) is 0 Å². The van der Waals surface area contributed by atoms with Gasteiger partial charge >= 0.3 is 5.97 Å². The molecule has 0 unspecified atom stereocenters. The molecule has 2 N–H and O–H groups in total. The lowest BCUT2D eigenvalue weighted by atomic mass is 10.1. The number of rotatable bonds is 17. The maximum Gasteiger partial charge on any atom is 0.306 e. The van der Waals surface area contributed by atoms with E-state index in [1.165, 1.54) is 32.1 Å². The predicted octanol–water partition coefficient (Wildman–Crippen LogP) is 3.98. The molecule has 136 valence electrons. The van der Waals surface area contributed by atoms with Crippen molar-refractivity contribution in [2.75, 3.05) is 26.3 Å². The molecule has 0 aromatic rings. The topological polar surface area (TPSA) is 58.6 Å². The molecule has 0 aliphatic heterocycles. The van der Waals surface area contributed by atoms with Crippen LogP contribution < -0.4 is 5.32 Å². The second-order valence-electron chi connectivity index (χ2n) is 6.00. The Morgan fingerprint density at radius 1 is 0.957 bits per heavy atom. The molecule has 0 spiro atoms. The molecule has 0 radical (unpaired) electrons. The third kappa shape index (κ3) is 19.1. The fourth-order valence-corrected chi connectivity index (χ4v) is 2.34. The van der Waals surface area contributed by atoms with Crippen LogP contribution in [-0.2, 0) is 9.53 Å². The van der Waals surface area contributed by atoms with Gasteiger partial charge in [0.1, 0.15) is 6.61 Å². The molecule has 0 rings (SSSR count). The minimum Gasteiger partial charge on any atom is -0.461 e. The van der Waals surface area contributed by atoms with E-state index in [2.05, 4.69) is 18.3 Å². The standard InChI is InChI=1S/C19H37NO3/c1-2-3-4-5-6-10-13-18-23-19(22)14-11-8-7-9-12-15-20-16-17-21/h10,13,20-21H,2-9,11-12,14-18H2,1H3/b13-10+. The van der Waals surface area contributed by atoms with Crippen molar-refractivity contribution < 1.29 is 14.6 Å². The van der Waals surface area contributed by atoms with Crippen LogP contribution in [-0.4, -0.2) is 37.4 Å². The van der Waals surface area contributed by atoms with E-state index in [1.54, 1.807) is 0 Å². The largest absolute Gasteiger partial charge is 0.461 e. The second kappa shape index (κ2) is 19.2. The summed E-state index contributed by atoms with van der Waals surface area (Å²) >= 11 is 0.